The molecule has 0 aliphatic rings. The molecule has 0 aliphatic heterocycles. The molecule has 1 unspecified atom stereocenters. The molecular formula is C12H18O5. The third-order valence-electron chi connectivity index (χ3n) is 2.11. The second-order valence-electron chi connectivity index (χ2n) is 4.17. The highest BCUT2D eigenvalue weighted by molar-refractivity contribution is 5.87. The molecule has 5 nitrogen and oxygen atoms in total. The smallest absolute Gasteiger partial charge is 0.333 e. The molecule has 0 aromatic heterocycles. The van der Waals surface area contributed by atoms with Gasteiger partial charge in [0.2, 0.25) is 0 Å². The summed E-state index contributed by atoms with van der Waals surface area (Å²) in [4.78, 5) is 21.3. The minimum Gasteiger partial charge on any atom is -0.478 e. The number of carbonyl (C=O) groups is 2. The molecular weight excluding hydrogens is 224 g/mol. The monoisotopic (exact) mass is 242 g/mol. The molecule has 0 fully saturated rings. The van der Waals surface area contributed by atoms with Crippen molar-refractivity contribution in [1.82, 2.24) is 0 Å². The summed E-state index contributed by atoms with van der Waals surface area (Å²) in [5.74, 6) is -2.08. The van der Waals surface area contributed by atoms with Crippen LogP contribution < -0.4 is 0 Å². The summed E-state index contributed by atoms with van der Waals surface area (Å²) in [6.07, 6.45) is -0.221. The minimum absolute atomic E-state index is 0.0723. The molecule has 0 radical (unpaired) electrons. The van der Waals surface area contributed by atoms with Crippen LogP contribution in [0.2, 0.25) is 0 Å². The zero-order valence-corrected chi connectivity index (χ0v) is 10.1. The maximum atomic E-state index is 10.8. The van der Waals surface area contributed by atoms with Crippen molar-refractivity contribution in [2.24, 2.45) is 5.92 Å². The lowest BCUT2D eigenvalue weighted by Crippen LogP contribution is -2.24. The van der Waals surface area contributed by atoms with Crippen LogP contribution in [0.4, 0.5) is 0 Å². The molecule has 5 heteroatoms. The van der Waals surface area contributed by atoms with Crippen molar-refractivity contribution < 1.29 is 24.5 Å². The second kappa shape index (κ2) is 6.85. The Morgan fingerprint density at radius 3 is 2.06 bits per heavy atom. The lowest BCUT2D eigenvalue weighted by molar-refractivity contribution is -0.134. The fourth-order valence-electron chi connectivity index (χ4n) is 1.14. The molecule has 0 rings (SSSR count). The molecule has 0 aromatic carbocycles. The van der Waals surface area contributed by atoms with Crippen LogP contribution in [0.15, 0.2) is 24.3 Å². The van der Waals surface area contributed by atoms with Gasteiger partial charge in [-0.15, -0.1) is 0 Å². The highest BCUT2D eigenvalue weighted by Crippen LogP contribution is 2.16. The van der Waals surface area contributed by atoms with E-state index in [1.165, 1.54) is 0 Å². The number of ether oxygens (including phenoxy) is 1. The van der Waals surface area contributed by atoms with Gasteiger partial charge in [-0.1, -0.05) is 27.0 Å². The average Bonchev–Trinajstić information content (AvgIpc) is 2.21. The predicted molar refractivity (Wildman–Crippen MR) is 62.7 cm³/mol. The Hall–Kier alpha value is -1.62. The Kier molecular flexibility index (Phi) is 6.20. The fourth-order valence-corrected chi connectivity index (χ4v) is 1.14. The van der Waals surface area contributed by atoms with Gasteiger partial charge in [-0.2, -0.15) is 0 Å². The molecule has 0 saturated carbocycles. The van der Waals surface area contributed by atoms with Crippen LogP contribution in [-0.2, 0) is 14.3 Å². The van der Waals surface area contributed by atoms with E-state index in [9.17, 15) is 9.59 Å². The number of rotatable bonds is 8. The van der Waals surface area contributed by atoms with Gasteiger partial charge in [0.15, 0.2) is 0 Å². The van der Waals surface area contributed by atoms with Crippen molar-refractivity contribution >= 4 is 11.9 Å². The first-order valence-electron chi connectivity index (χ1n) is 5.20. The van der Waals surface area contributed by atoms with Gasteiger partial charge in [0.25, 0.3) is 0 Å². The number of hydrogen-bond acceptors (Lipinski definition) is 3. The largest absolute Gasteiger partial charge is 0.478 e. The maximum Gasteiger partial charge on any atom is 0.333 e. The third kappa shape index (κ3) is 5.87. The number of hydrogen-bond donors (Lipinski definition) is 2. The molecule has 17 heavy (non-hydrogen) atoms. The summed E-state index contributed by atoms with van der Waals surface area (Å²) in [5, 5.41) is 17.4. The molecule has 0 amide bonds. The summed E-state index contributed by atoms with van der Waals surface area (Å²) < 4.78 is 5.24. The van der Waals surface area contributed by atoms with Gasteiger partial charge < -0.3 is 14.9 Å². The molecule has 2 N–H and O–H groups in total. The standard InChI is InChI=1S/C12H18O5/c1-7(2)5-10(9(4)12(15)16)17-6-8(3)11(13)14/h7,10H,3-6H2,1-2H3,(H,13,14)(H,15,16). The average molecular weight is 242 g/mol. The van der Waals surface area contributed by atoms with Gasteiger partial charge >= 0.3 is 11.9 Å². The fraction of sp³-hybridized carbons (Fsp3) is 0.500. The van der Waals surface area contributed by atoms with Crippen molar-refractivity contribution in [2.45, 2.75) is 26.4 Å². The summed E-state index contributed by atoms with van der Waals surface area (Å²) in [5.41, 5.74) is -0.186. The van der Waals surface area contributed by atoms with Crippen molar-refractivity contribution in [3.8, 4) is 0 Å². The molecule has 0 saturated heterocycles. The zero-order valence-electron chi connectivity index (χ0n) is 10.1. The molecule has 0 aliphatic carbocycles. The first-order chi connectivity index (χ1) is 7.75. The van der Waals surface area contributed by atoms with Crippen molar-refractivity contribution in [2.75, 3.05) is 6.61 Å². The SMILES string of the molecule is C=C(COC(CC(C)C)C(=C)C(=O)O)C(=O)O. The van der Waals surface area contributed by atoms with Crippen LogP contribution in [0, 0.1) is 5.92 Å². The Balaban J connectivity index is 4.50. The minimum atomic E-state index is -1.16. The van der Waals surface area contributed by atoms with Gasteiger partial charge in [-0.05, 0) is 12.3 Å². The van der Waals surface area contributed by atoms with Crippen molar-refractivity contribution in [3.05, 3.63) is 24.3 Å². The Morgan fingerprint density at radius 2 is 1.71 bits per heavy atom. The van der Waals surface area contributed by atoms with E-state index in [4.69, 9.17) is 14.9 Å². The Morgan fingerprint density at radius 1 is 1.18 bits per heavy atom. The first-order valence-corrected chi connectivity index (χ1v) is 5.20. The van der Waals surface area contributed by atoms with E-state index in [0.717, 1.165) is 0 Å². The van der Waals surface area contributed by atoms with E-state index in [1.807, 2.05) is 13.8 Å². The summed E-state index contributed by atoms with van der Waals surface area (Å²) in [6, 6.07) is 0. The van der Waals surface area contributed by atoms with Gasteiger partial charge in [-0.25, -0.2) is 9.59 Å². The molecule has 0 bridgehead atoms. The van der Waals surface area contributed by atoms with Crippen molar-refractivity contribution in [1.29, 1.82) is 0 Å². The number of carboxylic acids is 2. The van der Waals surface area contributed by atoms with Crippen molar-refractivity contribution in [3.63, 3.8) is 0 Å². The van der Waals surface area contributed by atoms with E-state index in [-0.39, 0.29) is 23.7 Å². The first kappa shape index (κ1) is 15.4. The van der Waals surface area contributed by atoms with Crippen LogP contribution in [0.25, 0.3) is 0 Å². The second-order valence-corrected chi connectivity index (χ2v) is 4.17. The predicted octanol–water partition coefficient (Wildman–Crippen LogP) is 1.70. The molecule has 1 atom stereocenters. The summed E-state index contributed by atoms with van der Waals surface area (Å²) in [6.45, 7) is 10.4. The van der Waals surface area contributed by atoms with Crippen LogP contribution in [0.5, 0.6) is 0 Å². The van der Waals surface area contributed by atoms with Gasteiger partial charge in [0.1, 0.15) is 0 Å². The van der Waals surface area contributed by atoms with E-state index in [1.54, 1.807) is 0 Å². The highest BCUT2D eigenvalue weighted by Gasteiger charge is 2.21. The molecule has 0 aromatic rings. The highest BCUT2D eigenvalue weighted by atomic mass is 16.5. The van der Waals surface area contributed by atoms with E-state index < -0.39 is 18.0 Å². The van der Waals surface area contributed by atoms with Gasteiger partial charge in [-0.3, -0.25) is 0 Å². The molecule has 96 valence electrons. The molecule has 0 heterocycles. The van der Waals surface area contributed by atoms with E-state index in [0.29, 0.717) is 6.42 Å². The molecule has 0 spiro atoms. The number of carboxylic acid groups (broad SMARTS) is 2. The van der Waals surface area contributed by atoms with Crippen LogP contribution in [0.1, 0.15) is 20.3 Å². The van der Waals surface area contributed by atoms with Crippen LogP contribution in [-0.4, -0.2) is 34.9 Å². The Labute approximate surface area is 100 Å². The van der Waals surface area contributed by atoms with Crippen LogP contribution in [0.3, 0.4) is 0 Å². The lowest BCUT2D eigenvalue weighted by Gasteiger charge is -2.19. The summed E-state index contributed by atoms with van der Waals surface area (Å²) in [7, 11) is 0. The third-order valence-corrected chi connectivity index (χ3v) is 2.11. The quantitative estimate of drug-likeness (QED) is 0.633. The lowest BCUT2D eigenvalue weighted by atomic mass is 10.0. The maximum absolute atomic E-state index is 10.8. The summed E-state index contributed by atoms with van der Waals surface area (Å²) >= 11 is 0. The van der Waals surface area contributed by atoms with Gasteiger partial charge in [0, 0.05) is 0 Å². The normalized spacial score (nSPS) is 12.2. The van der Waals surface area contributed by atoms with E-state index in [2.05, 4.69) is 13.2 Å². The Bertz CT molecular complexity index is 330. The van der Waals surface area contributed by atoms with Gasteiger partial charge in [0.05, 0.1) is 23.9 Å². The topological polar surface area (TPSA) is 83.8 Å². The zero-order chi connectivity index (χ0) is 13.6. The van der Waals surface area contributed by atoms with Crippen LogP contribution >= 0.6 is 0 Å². The number of aliphatic carboxylic acids is 2. The van der Waals surface area contributed by atoms with E-state index >= 15 is 0 Å².